The summed E-state index contributed by atoms with van der Waals surface area (Å²) in [5, 5.41) is 2.93. The Hall–Kier alpha value is -2.93. The second-order valence-electron chi connectivity index (χ2n) is 7.46. The van der Waals surface area contributed by atoms with Crippen molar-refractivity contribution in [3.8, 4) is 0 Å². The summed E-state index contributed by atoms with van der Waals surface area (Å²) >= 11 is 0. The smallest absolute Gasteiger partial charge is 0.238 e. The molecule has 0 unspecified atom stereocenters. The molecule has 0 atom stereocenters. The van der Waals surface area contributed by atoms with Crippen molar-refractivity contribution in [2.24, 2.45) is 0 Å². The van der Waals surface area contributed by atoms with Crippen molar-refractivity contribution < 1.29 is 14.0 Å². The van der Waals surface area contributed by atoms with Gasteiger partial charge in [-0.1, -0.05) is 18.2 Å². The Balaban J connectivity index is 1.30. The molecule has 0 bridgehead atoms. The van der Waals surface area contributed by atoms with Crippen LogP contribution in [0.3, 0.4) is 0 Å². The van der Waals surface area contributed by atoms with Crippen LogP contribution in [0.1, 0.15) is 12.8 Å². The van der Waals surface area contributed by atoms with E-state index in [1.165, 1.54) is 6.07 Å². The van der Waals surface area contributed by atoms with E-state index in [9.17, 15) is 14.0 Å². The number of para-hydroxylation sites is 1. The van der Waals surface area contributed by atoms with Gasteiger partial charge in [0.1, 0.15) is 5.82 Å². The first-order valence-electron chi connectivity index (χ1n) is 10.0. The minimum Gasteiger partial charge on any atom is -0.367 e. The Bertz CT molecular complexity index is 896. The van der Waals surface area contributed by atoms with Crippen molar-refractivity contribution in [3.63, 3.8) is 0 Å². The van der Waals surface area contributed by atoms with Crippen molar-refractivity contribution >= 4 is 28.9 Å². The lowest BCUT2D eigenvalue weighted by molar-refractivity contribution is -0.118. The average molecular weight is 396 g/mol. The minimum absolute atomic E-state index is 0.0887. The predicted octanol–water partition coefficient (Wildman–Crippen LogP) is 2.71. The van der Waals surface area contributed by atoms with Gasteiger partial charge in [-0.15, -0.1) is 0 Å². The lowest BCUT2D eigenvalue weighted by Crippen LogP contribution is -2.48. The van der Waals surface area contributed by atoms with Gasteiger partial charge in [0.15, 0.2) is 0 Å². The molecule has 0 aromatic heterocycles. The molecule has 29 heavy (non-hydrogen) atoms. The summed E-state index contributed by atoms with van der Waals surface area (Å²) in [6.45, 7) is 3.77. The van der Waals surface area contributed by atoms with Gasteiger partial charge in [0.05, 0.1) is 12.2 Å². The van der Waals surface area contributed by atoms with Gasteiger partial charge < -0.3 is 15.1 Å². The van der Waals surface area contributed by atoms with Gasteiger partial charge in [-0.3, -0.25) is 14.5 Å². The molecular weight excluding hydrogens is 371 g/mol. The summed E-state index contributed by atoms with van der Waals surface area (Å²) in [4.78, 5) is 30.2. The topological polar surface area (TPSA) is 55.9 Å². The van der Waals surface area contributed by atoms with E-state index in [4.69, 9.17) is 0 Å². The van der Waals surface area contributed by atoms with E-state index >= 15 is 0 Å². The molecule has 1 N–H and O–H groups in total. The standard InChI is InChI=1S/C22H25FN4O2/c23-19-7-1-2-8-20(19)26-13-11-25(12-14-26)16-21(28)24-17-5-3-6-18(15-17)27-10-4-9-22(27)29/h1-3,5-8,15H,4,9-14,16H2,(H,24,28). The maximum atomic E-state index is 13.9. The van der Waals surface area contributed by atoms with Crippen LogP contribution in [0.15, 0.2) is 48.5 Å². The van der Waals surface area contributed by atoms with Gasteiger partial charge in [0.25, 0.3) is 0 Å². The molecule has 2 heterocycles. The number of piperazine rings is 1. The highest BCUT2D eigenvalue weighted by molar-refractivity contribution is 5.97. The molecule has 152 valence electrons. The molecule has 2 fully saturated rings. The van der Waals surface area contributed by atoms with E-state index < -0.39 is 0 Å². The van der Waals surface area contributed by atoms with Crippen LogP contribution in [0.2, 0.25) is 0 Å². The van der Waals surface area contributed by atoms with Crippen LogP contribution in [0, 0.1) is 5.82 Å². The van der Waals surface area contributed by atoms with Crippen molar-refractivity contribution in [2.45, 2.75) is 12.8 Å². The summed E-state index contributed by atoms with van der Waals surface area (Å²) in [6, 6.07) is 14.2. The zero-order chi connectivity index (χ0) is 20.2. The first kappa shape index (κ1) is 19.4. The van der Waals surface area contributed by atoms with Crippen LogP contribution >= 0.6 is 0 Å². The van der Waals surface area contributed by atoms with E-state index in [1.807, 2.05) is 35.2 Å². The number of carbonyl (C=O) groups excluding carboxylic acids is 2. The molecule has 2 aliphatic rings. The highest BCUT2D eigenvalue weighted by atomic mass is 19.1. The fraction of sp³-hybridized carbons (Fsp3) is 0.364. The lowest BCUT2D eigenvalue weighted by atomic mass is 10.2. The Morgan fingerprint density at radius 3 is 2.52 bits per heavy atom. The van der Waals surface area contributed by atoms with Gasteiger partial charge >= 0.3 is 0 Å². The summed E-state index contributed by atoms with van der Waals surface area (Å²) in [7, 11) is 0. The molecule has 0 aliphatic carbocycles. The molecule has 2 aromatic carbocycles. The van der Waals surface area contributed by atoms with Gasteiger partial charge in [0.2, 0.25) is 11.8 Å². The van der Waals surface area contributed by atoms with Crippen LogP contribution in [0.5, 0.6) is 0 Å². The normalized spacial score (nSPS) is 17.6. The molecule has 0 saturated carbocycles. The molecule has 0 radical (unpaired) electrons. The molecule has 7 heteroatoms. The summed E-state index contributed by atoms with van der Waals surface area (Å²) in [5.41, 5.74) is 2.13. The number of nitrogens with zero attached hydrogens (tertiary/aromatic N) is 3. The predicted molar refractivity (Wildman–Crippen MR) is 112 cm³/mol. The number of rotatable bonds is 5. The first-order chi connectivity index (χ1) is 14.1. The van der Waals surface area contributed by atoms with Crippen LogP contribution < -0.4 is 15.1 Å². The van der Waals surface area contributed by atoms with Crippen LogP contribution in [0.25, 0.3) is 0 Å². The molecule has 4 rings (SSSR count). The highest BCUT2D eigenvalue weighted by Crippen LogP contribution is 2.24. The van der Waals surface area contributed by atoms with Crippen LogP contribution in [0.4, 0.5) is 21.5 Å². The van der Waals surface area contributed by atoms with Crippen LogP contribution in [-0.4, -0.2) is 56.0 Å². The number of nitrogens with one attached hydrogen (secondary N) is 1. The fourth-order valence-electron chi connectivity index (χ4n) is 3.93. The third-order valence-corrected chi connectivity index (χ3v) is 5.45. The number of amides is 2. The van der Waals surface area contributed by atoms with Gasteiger partial charge in [-0.2, -0.15) is 0 Å². The highest BCUT2D eigenvalue weighted by Gasteiger charge is 2.23. The summed E-state index contributed by atoms with van der Waals surface area (Å²) in [5.74, 6) is -0.175. The first-order valence-corrected chi connectivity index (χ1v) is 10.0. The van der Waals surface area contributed by atoms with Crippen LogP contribution in [-0.2, 0) is 9.59 Å². The number of benzene rings is 2. The summed E-state index contributed by atoms with van der Waals surface area (Å²) in [6.07, 6.45) is 1.45. The summed E-state index contributed by atoms with van der Waals surface area (Å²) < 4.78 is 13.9. The minimum atomic E-state index is -0.213. The zero-order valence-electron chi connectivity index (χ0n) is 16.3. The fourth-order valence-corrected chi connectivity index (χ4v) is 3.93. The second kappa shape index (κ2) is 8.61. The quantitative estimate of drug-likeness (QED) is 0.844. The SMILES string of the molecule is O=C(CN1CCN(c2ccccc2F)CC1)Nc1cccc(N2CCCC2=O)c1. The molecule has 2 aliphatic heterocycles. The van der Waals surface area contributed by atoms with E-state index in [1.54, 1.807) is 17.0 Å². The Morgan fingerprint density at radius 2 is 1.79 bits per heavy atom. The molecule has 0 spiro atoms. The largest absolute Gasteiger partial charge is 0.367 e. The van der Waals surface area contributed by atoms with Crippen molar-refractivity contribution in [3.05, 3.63) is 54.3 Å². The average Bonchev–Trinajstić information content (AvgIpc) is 3.15. The van der Waals surface area contributed by atoms with Gasteiger partial charge in [0, 0.05) is 50.5 Å². The Kier molecular flexibility index (Phi) is 5.76. The number of anilines is 3. The van der Waals surface area contributed by atoms with E-state index in [0.29, 0.717) is 44.0 Å². The maximum absolute atomic E-state index is 13.9. The number of hydrogen-bond acceptors (Lipinski definition) is 4. The van der Waals surface area contributed by atoms with Gasteiger partial charge in [-0.25, -0.2) is 4.39 Å². The van der Waals surface area contributed by atoms with Crippen molar-refractivity contribution in [2.75, 3.05) is 54.4 Å². The van der Waals surface area contributed by atoms with E-state index in [0.717, 1.165) is 18.7 Å². The second-order valence-corrected chi connectivity index (χ2v) is 7.46. The molecule has 2 aromatic rings. The van der Waals surface area contributed by atoms with E-state index in [2.05, 4.69) is 10.2 Å². The van der Waals surface area contributed by atoms with Crippen molar-refractivity contribution in [1.29, 1.82) is 0 Å². The van der Waals surface area contributed by atoms with E-state index in [-0.39, 0.29) is 24.2 Å². The third-order valence-electron chi connectivity index (χ3n) is 5.45. The molecule has 2 saturated heterocycles. The molecule has 6 nitrogen and oxygen atoms in total. The number of hydrogen-bond donors (Lipinski definition) is 1. The number of halogens is 1. The Morgan fingerprint density at radius 1 is 1.00 bits per heavy atom. The third kappa shape index (κ3) is 4.56. The zero-order valence-corrected chi connectivity index (χ0v) is 16.3. The molecular formula is C22H25FN4O2. The van der Waals surface area contributed by atoms with Crippen molar-refractivity contribution in [1.82, 2.24) is 4.90 Å². The molecule has 2 amide bonds. The Labute approximate surface area is 169 Å². The van der Waals surface area contributed by atoms with Gasteiger partial charge in [-0.05, 0) is 36.8 Å². The maximum Gasteiger partial charge on any atom is 0.238 e. The lowest BCUT2D eigenvalue weighted by Gasteiger charge is -2.35. The number of carbonyl (C=O) groups is 2. The monoisotopic (exact) mass is 396 g/mol.